The van der Waals surface area contributed by atoms with Crippen molar-refractivity contribution in [3.05, 3.63) is 46.7 Å². The molecule has 0 fully saturated rings. The van der Waals surface area contributed by atoms with Crippen LogP contribution in [0.5, 0.6) is 0 Å². The molecular formula is C18H21N3O4S. The molecule has 26 heavy (non-hydrogen) atoms. The van der Waals surface area contributed by atoms with Crippen LogP contribution in [-0.4, -0.2) is 30.1 Å². The minimum Gasteiger partial charge on any atom is -0.444 e. The summed E-state index contributed by atoms with van der Waals surface area (Å²) in [7, 11) is 0. The number of rotatable bonds is 5. The van der Waals surface area contributed by atoms with Crippen molar-refractivity contribution >= 4 is 40.6 Å². The normalized spacial score (nSPS) is 10.7. The topological polar surface area (TPSA) is 96.5 Å². The fourth-order valence-corrected chi connectivity index (χ4v) is 2.57. The number of ether oxygens (including phenoxy) is 1. The van der Waals surface area contributed by atoms with E-state index in [0.717, 1.165) is 0 Å². The van der Waals surface area contributed by atoms with Crippen LogP contribution in [0.25, 0.3) is 0 Å². The number of nitrogens with one attached hydrogen (secondary N) is 3. The van der Waals surface area contributed by atoms with Crippen molar-refractivity contribution in [1.82, 2.24) is 5.32 Å². The molecule has 8 heteroatoms. The highest BCUT2D eigenvalue weighted by atomic mass is 32.1. The highest BCUT2D eigenvalue weighted by Gasteiger charge is 2.16. The standard InChI is InChI=1S/C18H21N3O4S/c1-18(2,3)25-17(24)19-11-15(22)20-12-6-4-7-13(10-12)21-16(23)14-8-5-9-26-14/h4-10H,11H2,1-3H3,(H,19,24)(H,20,22)(H,21,23). The molecule has 7 nitrogen and oxygen atoms in total. The fraction of sp³-hybridized carbons (Fsp3) is 0.278. The average Bonchev–Trinajstić information content (AvgIpc) is 3.06. The van der Waals surface area contributed by atoms with Crippen molar-refractivity contribution in [2.24, 2.45) is 0 Å². The first-order valence-electron chi connectivity index (χ1n) is 7.94. The SMILES string of the molecule is CC(C)(C)OC(=O)NCC(=O)Nc1cccc(NC(=O)c2cccs2)c1. The van der Waals surface area contributed by atoms with Gasteiger partial charge in [0, 0.05) is 11.4 Å². The summed E-state index contributed by atoms with van der Waals surface area (Å²) in [5.41, 5.74) is 0.432. The van der Waals surface area contributed by atoms with E-state index in [1.807, 2.05) is 5.38 Å². The van der Waals surface area contributed by atoms with Gasteiger partial charge in [-0.25, -0.2) is 4.79 Å². The molecule has 0 unspecified atom stereocenters. The molecule has 1 aromatic heterocycles. The minimum atomic E-state index is -0.662. The van der Waals surface area contributed by atoms with E-state index in [-0.39, 0.29) is 12.5 Å². The highest BCUT2D eigenvalue weighted by molar-refractivity contribution is 7.12. The summed E-state index contributed by atoms with van der Waals surface area (Å²) < 4.78 is 5.06. The third kappa shape index (κ3) is 6.56. The summed E-state index contributed by atoms with van der Waals surface area (Å²) in [5, 5.41) is 9.62. The second-order valence-corrected chi connectivity index (χ2v) is 7.36. The van der Waals surface area contributed by atoms with Crippen molar-refractivity contribution in [1.29, 1.82) is 0 Å². The Balaban J connectivity index is 1.86. The Labute approximate surface area is 155 Å². The third-order valence-corrected chi connectivity index (χ3v) is 3.81. The summed E-state index contributed by atoms with van der Waals surface area (Å²) in [4.78, 5) is 36.1. The lowest BCUT2D eigenvalue weighted by atomic mass is 10.2. The van der Waals surface area contributed by atoms with Gasteiger partial charge in [0.25, 0.3) is 5.91 Å². The van der Waals surface area contributed by atoms with Crippen LogP contribution in [0.15, 0.2) is 41.8 Å². The van der Waals surface area contributed by atoms with Crippen molar-refractivity contribution in [2.75, 3.05) is 17.2 Å². The Kier molecular flexibility index (Phi) is 6.35. The van der Waals surface area contributed by atoms with Crippen LogP contribution in [0.1, 0.15) is 30.4 Å². The molecule has 1 aromatic carbocycles. The van der Waals surface area contributed by atoms with E-state index >= 15 is 0 Å². The predicted molar refractivity (Wildman–Crippen MR) is 102 cm³/mol. The minimum absolute atomic E-state index is 0.213. The molecule has 3 amide bonds. The van der Waals surface area contributed by atoms with Gasteiger partial charge in [0.05, 0.1) is 4.88 Å². The molecule has 0 aliphatic heterocycles. The zero-order chi connectivity index (χ0) is 19.2. The van der Waals surface area contributed by atoms with Crippen LogP contribution in [0.4, 0.5) is 16.2 Å². The number of thiophene rings is 1. The van der Waals surface area contributed by atoms with Gasteiger partial charge in [-0.05, 0) is 50.4 Å². The number of carbonyl (C=O) groups is 3. The molecule has 0 aliphatic rings. The molecule has 0 saturated carbocycles. The molecule has 0 spiro atoms. The Morgan fingerprint density at radius 2 is 1.73 bits per heavy atom. The van der Waals surface area contributed by atoms with E-state index in [9.17, 15) is 14.4 Å². The molecule has 0 aliphatic carbocycles. The van der Waals surface area contributed by atoms with Crippen molar-refractivity contribution in [2.45, 2.75) is 26.4 Å². The van der Waals surface area contributed by atoms with Crippen LogP contribution >= 0.6 is 11.3 Å². The lowest BCUT2D eigenvalue weighted by Crippen LogP contribution is -2.37. The van der Waals surface area contributed by atoms with E-state index in [1.54, 1.807) is 57.2 Å². The van der Waals surface area contributed by atoms with Gasteiger partial charge in [0.2, 0.25) is 5.91 Å². The van der Waals surface area contributed by atoms with E-state index < -0.39 is 17.6 Å². The predicted octanol–water partition coefficient (Wildman–Crippen LogP) is 3.46. The maximum atomic E-state index is 12.1. The summed E-state index contributed by atoms with van der Waals surface area (Å²) >= 11 is 1.34. The highest BCUT2D eigenvalue weighted by Crippen LogP contribution is 2.17. The van der Waals surface area contributed by atoms with E-state index in [1.165, 1.54) is 11.3 Å². The first-order chi connectivity index (χ1) is 12.2. The Morgan fingerprint density at radius 3 is 2.35 bits per heavy atom. The van der Waals surface area contributed by atoms with Gasteiger partial charge in [-0.1, -0.05) is 12.1 Å². The summed E-state index contributed by atoms with van der Waals surface area (Å²) in [6.45, 7) is 4.99. The zero-order valence-corrected chi connectivity index (χ0v) is 15.6. The Morgan fingerprint density at radius 1 is 1.04 bits per heavy atom. The first kappa shape index (κ1) is 19.5. The Bertz CT molecular complexity index is 782. The number of amides is 3. The molecule has 138 valence electrons. The zero-order valence-electron chi connectivity index (χ0n) is 14.8. The van der Waals surface area contributed by atoms with E-state index in [4.69, 9.17) is 4.74 Å². The van der Waals surface area contributed by atoms with Gasteiger partial charge in [0.1, 0.15) is 12.1 Å². The van der Waals surface area contributed by atoms with Gasteiger partial charge in [-0.3, -0.25) is 9.59 Å². The van der Waals surface area contributed by atoms with Gasteiger partial charge < -0.3 is 20.7 Å². The second kappa shape index (κ2) is 8.48. The summed E-state index contributed by atoms with van der Waals surface area (Å²) in [5.74, 6) is -0.618. The lowest BCUT2D eigenvalue weighted by molar-refractivity contribution is -0.115. The monoisotopic (exact) mass is 375 g/mol. The van der Waals surface area contributed by atoms with Gasteiger partial charge in [-0.15, -0.1) is 11.3 Å². The van der Waals surface area contributed by atoms with E-state index in [2.05, 4.69) is 16.0 Å². The molecule has 0 bridgehead atoms. The smallest absolute Gasteiger partial charge is 0.408 e. The van der Waals surface area contributed by atoms with Crippen LogP contribution in [-0.2, 0) is 9.53 Å². The maximum Gasteiger partial charge on any atom is 0.408 e. The van der Waals surface area contributed by atoms with Gasteiger partial charge in [0.15, 0.2) is 0 Å². The second-order valence-electron chi connectivity index (χ2n) is 6.42. The molecular weight excluding hydrogens is 354 g/mol. The Hall–Kier alpha value is -2.87. The molecule has 2 aromatic rings. The maximum absolute atomic E-state index is 12.1. The number of hydrogen-bond donors (Lipinski definition) is 3. The molecule has 2 rings (SSSR count). The summed E-state index contributed by atoms with van der Waals surface area (Å²) in [6, 6.07) is 10.3. The molecule has 0 radical (unpaired) electrons. The van der Waals surface area contributed by atoms with Crippen LogP contribution in [0, 0.1) is 0 Å². The third-order valence-electron chi connectivity index (χ3n) is 2.94. The van der Waals surface area contributed by atoms with Crippen molar-refractivity contribution in [3.8, 4) is 0 Å². The fourth-order valence-electron chi connectivity index (χ4n) is 1.95. The van der Waals surface area contributed by atoms with E-state index in [0.29, 0.717) is 16.3 Å². The van der Waals surface area contributed by atoms with Gasteiger partial charge >= 0.3 is 6.09 Å². The number of carbonyl (C=O) groups excluding carboxylic acids is 3. The average molecular weight is 375 g/mol. The molecule has 1 heterocycles. The van der Waals surface area contributed by atoms with Crippen molar-refractivity contribution < 1.29 is 19.1 Å². The van der Waals surface area contributed by atoms with Crippen LogP contribution < -0.4 is 16.0 Å². The molecule has 0 saturated heterocycles. The number of anilines is 2. The van der Waals surface area contributed by atoms with Gasteiger partial charge in [-0.2, -0.15) is 0 Å². The number of benzene rings is 1. The van der Waals surface area contributed by atoms with Crippen LogP contribution in [0.2, 0.25) is 0 Å². The quantitative estimate of drug-likeness (QED) is 0.745. The van der Waals surface area contributed by atoms with Crippen molar-refractivity contribution in [3.63, 3.8) is 0 Å². The largest absolute Gasteiger partial charge is 0.444 e. The molecule has 3 N–H and O–H groups in total. The molecule has 0 atom stereocenters. The summed E-state index contributed by atoms with van der Waals surface area (Å²) in [6.07, 6.45) is -0.662. The number of hydrogen-bond acceptors (Lipinski definition) is 5. The van der Waals surface area contributed by atoms with Crippen LogP contribution in [0.3, 0.4) is 0 Å². The first-order valence-corrected chi connectivity index (χ1v) is 8.82. The lowest BCUT2D eigenvalue weighted by Gasteiger charge is -2.19. The number of alkyl carbamates (subject to hydrolysis) is 1.